The highest BCUT2D eigenvalue weighted by atomic mass is 79.9. The maximum Gasteiger partial charge on any atom is 0.222 e. The van der Waals surface area contributed by atoms with Gasteiger partial charge in [-0.2, -0.15) is 0 Å². The highest BCUT2D eigenvalue weighted by Gasteiger charge is 2.08. The lowest BCUT2D eigenvalue weighted by atomic mass is 10.1. The summed E-state index contributed by atoms with van der Waals surface area (Å²) in [6.07, 6.45) is 2.03. The average Bonchev–Trinajstić information content (AvgIpc) is 2.85. The van der Waals surface area contributed by atoms with E-state index < -0.39 is 0 Å². The van der Waals surface area contributed by atoms with Crippen LogP contribution in [0.3, 0.4) is 0 Å². The number of rotatable bonds is 1. The highest BCUT2D eigenvalue weighted by Crippen LogP contribution is 2.30. The molecule has 17 heavy (non-hydrogen) atoms. The van der Waals surface area contributed by atoms with Gasteiger partial charge >= 0.3 is 0 Å². The fourth-order valence-electron chi connectivity index (χ4n) is 1.92. The number of halogens is 1. The Balaban J connectivity index is 2.22. The topological polar surface area (TPSA) is 57.0 Å². The van der Waals surface area contributed by atoms with E-state index in [0.29, 0.717) is 5.88 Å². The first-order chi connectivity index (χ1) is 8.15. The molecule has 0 aliphatic carbocycles. The molecule has 4 nitrogen and oxygen atoms in total. The van der Waals surface area contributed by atoms with Gasteiger partial charge in [0.05, 0.1) is 0 Å². The number of benzene rings is 1. The molecule has 3 aromatic rings. The van der Waals surface area contributed by atoms with Crippen molar-refractivity contribution in [2.75, 3.05) is 5.73 Å². The van der Waals surface area contributed by atoms with Crippen molar-refractivity contribution in [1.29, 1.82) is 0 Å². The molecule has 0 aliphatic heterocycles. The molecule has 0 atom stereocenters. The Bertz CT molecular complexity index is 699. The summed E-state index contributed by atoms with van der Waals surface area (Å²) in [5.41, 5.74) is 8.40. The Hall–Kier alpha value is -1.75. The van der Waals surface area contributed by atoms with Gasteiger partial charge in [-0.1, -0.05) is 17.3 Å². The molecule has 0 bridgehead atoms. The fourth-order valence-corrected chi connectivity index (χ4v) is 2.56. The number of aryl methyl sites for hydroxylation is 1. The Morgan fingerprint density at radius 1 is 1.35 bits per heavy atom. The Morgan fingerprint density at radius 3 is 2.88 bits per heavy atom. The van der Waals surface area contributed by atoms with Gasteiger partial charge in [-0.05, 0) is 22.0 Å². The number of aromatic nitrogens is 2. The summed E-state index contributed by atoms with van der Waals surface area (Å²) in [4.78, 5) is 0. The predicted molar refractivity (Wildman–Crippen MR) is 70.5 cm³/mol. The van der Waals surface area contributed by atoms with Gasteiger partial charge < -0.3 is 14.8 Å². The van der Waals surface area contributed by atoms with Crippen molar-refractivity contribution in [3.63, 3.8) is 0 Å². The quantitative estimate of drug-likeness (QED) is 0.749. The Labute approximate surface area is 106 Å². The summed E-state index contributed by atoms with van der Waals surface area (Å²) in [6, 6.07) is 7.85. The molecule has 1 aromatic carbocycles. The van der Waals surface area contributed by atoms with Crippen LogP contribution in [0.2, 0.25) is 0 Å². The molecule has 86 valence electrons. The number of nitrogens with zero attached hydrogens (tertiary/aromatic N) is 2. The molecule has 0 fully saturated rings. The van der Waals surface area contributed by atoms with Gasteiger partial charge in [-0.3, -0.25) is 0 Å². The number of anilines is 1. The van der Waals surface area contributed by atoms with Crippen LogP contribution >= 0.6 is 15.9 Å². The van der Waals surface area contributed by atoms with Crippen molar-refractivity contribution in [3.8, 4) is 11.3 Å². The van der Waals surface area contributed by atoms with Crippen LogP contribution in [0, 0.1) is 0 Å². The minimum atomic E-state index is 0.327. The molecular weight excluding hydrogens is 282 g/mol. The van der Waals surface area contributed by atoms with Crippen LogP contribution < -0.4 is 5.73 Å². The molecule has 2 heterocycles. The first-order valence-corrected chi connectivity index (χ1v) is 5.91. The molecule has 0 aliphatic rings. The van der Waals surface area contributed by atoms with Gasteiger partial charge in [0.15, 0.2) is 0 Å². The second-order valence-corrected chi connectivity index (χ2v) is 4.79. The maximum absolute atomic E-state index is 5.52. The smallest absolute Gasteiger partial charge is 0.222 e. The van der Waals surface area contributed by atoms with Gasteiger partial charge in [0.2, 0.25) is 5.88 Å². The molecule has 0 saturated carbocycles. The summed E-state index contributed by atoms with van der Waals surface area (Å²) in [5.74, 6) is 0.327. The summed E-state index contributed by atoms with van der Waals surface area (Å²) in [6.45, 7) is 0. The lowest BCUT2D eigenvalue weighted by molar-refractivity contribution is 0.439. The number of nitrogen functional groups attached to an aromatic ring is 1. The van der Waals surface area contributed by atoms with Gasteiger partial charge in [0.25, 0.3) is 0 Å². The van der Waals surface area contributed by atoms with Crippen LogP contribution in [-0.2, 0) is 7.05 Å². The van der Waals surface area contributed by atoms with Crippen LogP contribution in [0.1, 0.15) is 0 Å². The standard InChI is InChI=1S/C12H10BrN3O/c1-16-6-9(13)8-3-2-7(4-11(8)16)10-5-12(14)17-15-10/h2-6H,14H2,1H3. The Kier molecular flexibility index (Phi) is 2.22. The van der Waals surface area contributed by atoms with Gasteiger partial charge in [0.1, 0.15) is 5.69 Å². The SMILES string of the molecule is Cn1cc(Br)c2ccc(-c3cc(N)on3)cc21. The highest BCUT2D eigenvalue weighted by molar-refractivity contribution is 9.10. The third kappa shape index (κ3) is 1.63. The summed E-state index contributed by atoms with van der Waals surface area (Å²) >= 11 is 3.53. The van der Waals surface area contributed by atoms with Crippen molar-refractivity contribution < 1.29 is 4.52 Å². The van der Waals surface area contributed by atoms with Crippen molar-refractivity contribution in [2.45, 2.75) is 0 Å². The van der Waals surface area contributed by atoms with Crippen LogP contribution in [0.5, 0.6) is 0 Å². The second-order valence-electron chi connectivity index (χ2n) is 3.93. The van der Waals surface area contributed by atoms with E-state index in [4.69, 9.17) is 10.3 Å². The zero-order valence-corrected chi connectivity index (χ0v) is 10.7. The molecule has 0 saturated heterocycles. The van der Waals surface area contributed by atoms with Crippen LogP contribution in [0.15, 0.2) is 39.5 Å². The summed E-state index contributed by atoms with van der Waals surface area (Å²) in [7, 11) is 2.01. The van der Waals surface area contributed by atoms with E-state index in [2.05, 4.69) is 37.8 Å². The molecule has 0 spiro atoms. The number of hydrogen-bond acceptors (Lipinski definition) is 3. The van der Waals surface area contributed by atoms with Crippen molar-refractivity contribution in [1.82, 2.24) is 9.72 Å². The van der Waals surface area contributed by atoms with Gasteiger partial charge in [0, 0.05) is 40.2 Å². The zero-order valence-electron chi connectivity index (χ0n) is 9.14. The van der Waals surface area contributed by atoms with E-state index >= 15 is 0 Å². The molecule has 0 amide bonds. The van der Waals surface area contributed by atoms with Crippen LogP contribution in [0.4, 0.5) is 5.88 Å². The molecule has 0 radical (unpaired) electrons. The maximum atomic E-state index is 5.52. The number of fused-ring (bicyclic) bond motifs is 1. The molecule has 2 aromatic heterocycles. The van der Waals surface area contributed by atoms with E-state index in [0.717, 1.165) is 21.2 Å². The van der Waals surface area contributed by atoms with E-state index in [9.17, 15) is 0 Å². The lowest BCUT2D eigenvalue weighted by Gasteiger charge is -1.99. The second kappa shape index (κ2) is 3.63. The molecule has 2 N–H and O–H groups in total. The molecule has 3 rings (SSSR count). The summed E-state index contributed by atoms with van der Waals surface area (Å²) in [5, 5.41) is 5.08. The summed E-state index contributed by atoms with van der Waals surface area (Å²) < 4.78 is 8.02. The van der Waals surface area contributed by atoms with Crippen molar-refractivity contribution >= 4 is 32.7 Å². The normalized spacial score (nSPS) is 11.2. The van der Waals surface area contributed by atoms with E-state index in [1.54, 1.807) is 6.07 Å². The fraction of sp³-hybridized carbons (Fsp3) is 0.0833. The van der Waals surface area contributed by atoms with Crippen LogP contribution in [0.25, 0.3) is 22.2 Å². The average molecular weight is 292 g/mol. The Morgan fingerprint density at radius 2 is 2.18 bits per heavy atom. The van der Waals surface area contributed by atoms with Gasteiger partial charge in [-0.15, -0.1) is 0 Å². The van der Waals surface area contributed by atoms with Crippen molar-refractivity contribution in [2.24, 2.45) is 7.05 Å². The minimum Gasteiger partial charge on any atom is -0.368 e. The third-order valence-electron chi connectivity index (χ3n) is 2.77. The first-order valence-electron chi connectivity index (χ1n) is 5.12. The van der Waals surface area contributed by atoms with Crippen molar-refractivity contribution in [3.05, 3.63) is 34.9 Å². The van der Waals surface area contributed by atoms with E-state index in [1.807, 2.05) is 19.3 Å². The van der Waals surface area contributed by atoms with Gasteiger partial charge in [-0.25, -0.2) is 0 Å². The van der Waals surface area contributed by atoms with Crippen LogP contribution in [-0.4, -0.2) is 9.72 Å². The zero-order chi connectivity index (χ0) is 12.0. The number of hydrogen-bond donors (Lipinski definition) is 1. The lowest BCUT2D eigenvalue weighted by Crippen LogP contribution is -1.84. The van der Waals surface area contributed by atoms with E-state index in [-0.39, 0.29) is 0 Å². The number of nitrogens with two attached hydrogens (primary N) is 1. The van der Waals surface area contributed by atoms with E-state index in [1.165, 1.54) is 5.39 Å². The monoisotopic (exact) mass is 291 g/mol. The molecular formula is C12H10BrN3O. The minimum absolute atomic E-state index is 0.327. The molecule has 5 heteroatoms. The predicted octanol–water partition coefficient (Wildman–Crippen LogP) is 3.18. The molecule has 0 unspecified atom stereocenters. The first kappa shape index (κ1) is 10.4. The largest absolute Gasteiger partial charge is 0.368 e. The third-order valence-corrected chi connectivity index (χ3v) is 3.40.